The van der Waals surface area contributed by atoms with E-state index in [1.807, 2.05) is 11.8 Å². The average Bonchev–Trinajstić information content (AvgIpc) is 2.81. The van der Waals surface area contributed by atoms with Crippen molar-refractivity contribution >= 4 is 5.91 Å². The fraction of sp³-hybridized carbons (Fsp3) is 0.846. The molecule has 1 atom stereocenters. The maximum absolute atomic E-state index is 12.3. The van der Waals surface area contributed by atoms with Crippen LogP contribution in [-0.2, 0) is 4.79 Å². The molecule has 0 bridgehead atoms. The van der Waals surface area contributed by atoms with Gasteiger partial charge in [-0.1, -0.05) is 0 Å². The summed E-state index contributed by atoms with van der Waals surface area (Å²) in [7, 11) is 0. The van der Waals surface area contributed by atoms with E-state index in [2.05, 4.69) is 24.8 Å². The molecule has 0 N–H and O–H groups in total. The van der Waals surface area contributed by atoms with Gasteiger partial charge in [-0.05, 0) is 33.6 Å². The van der Waals surface area contributed by atoms with Crippen molar-refractivity contribution in [2.45, 2.75) is 52.1 Å². The van der Waals surface area contributed by atoms with Crippen LogP contribution in [0.3, 0.4) is 0 Å². The Morgan fingerprint density at radius 1 is 1.35 bits per heavy atom. The van der Waals surface area contributed by atoms with Gasteiger partial charge in [-0.2, -0.15) is 5.26 Å². The second-order valence-electron chi connectivity index (χ2n) is 4.95. The molecule has 0 aromatic carbocycles. The Bertz CT molecular complexity index is 290. The monoisotopic (exact) mass is 237 g/mol. The number of hydrogen-bond donors (Lipinski definition) is 0. The normalized spacial score (nSPS) is 17.5. The molecule has 0 aromatic heterocycles. The minimum Gasteiger partial charge on any atom is -0.341 e. The van der Waals surface area contributed by atoms with E-state index in [9.17, 15) is 4.79 Å². The molecule has 4 nitrogen and oxygen atoms in total. The Hall–Kier alpha value is -1.08. The first-order chi connectivity index (χ1) is 8.07. The fourth-order valence-corrected chi connectivity index (χ4v) is 2.42. The standard InChI is InChI=1S/C13H23N3O/c1-11(2)16(10-6-7-14)12(3)13(17)15-8-4-5-9-15/h11-12H,4-6,8-10H2,1-3H3. The zero-order chi connectivity index (χ0) is 12.8. The van der Waals surface area contributed by atoms with Crippen LogP contribution in [-0.4, -0.2) is 47.4 Å². The van der Waals surface area contributed by atoms with Crippen molar-refractivity contribution in [3.63, 3.8) is 0 Å². The Balaban J connectivity index is 2.59. The maximum atomic E-state index is 12.3. The third-order valence-electron chi connectivity index (χ3n) is 3.42. The Labute approximate surface area is 104 Å². The number of nitrogens with zero attached hydrogens (tertiary/aromatic N) is 3. The minimum absolute atomic E-state index is 0.110. The molecule has 1 aliphatic rings. The van der Waals surface area contributed by atoms with Gasteiger partial charge in [0.05, 0.1) is 12.1 Å². The van der Waals surface area contributed by atoms with E-state index in [1.165, 1.54) is 0 Å². The number of amides is 1. The number of likely N-dealkylation sites (tertiary alicyclic amines) is 1. The lowest BCUT2D eigenvalue weighted by Crippen LogP contribution is -2.49. The lowest BCUT2D eigenvalue weighted by Gasteiger charge is -2.33. The minimum atomic E-state index is -0.110. The van der Waals surface area contributed by atoms with Crippen molar-refractivity contribution in [2.75, 3.05) is 19.6 Å². The summed E-state index contributed by atoms with van der Waals surface area (Å²) >= 11 is 0. The van der Waals surface area contributed by atoms with Gasteiger partial charge in [-0.15, -0.1) is 0 Å². The quantitative estimate of drug-likeness (QED) is 0.730. The van der Waals surface area contributed by atoms with Gasteiger partial charge >= 0.3 is 0 Å². The molecule has 96 valence electrons. The van der Waals surface area contributed by atoms with Crippen LogP contribution >= 0.6 is 0 Å². The third kappa shape index (κ3) is 3.71. The van der Waals surface area contributed by atoms with E-state index in [0.717, 1.165) is 25.9 Å². The number of rotatable bonds is 5. The van der Waals surface area contributed by atoms with Crippen LogP contribution in [0.1, 0.15) is 40.0 Å². The van der Waals surface area contributed by atoms with Gasteiger partial charge in [-0.3, -0.25) is 9.69 Å². The van der Waals surface area contributed by atoms with E-state index >= 15 is 0 Å². The van der Waals surface area contributed by atoms with Crippen LogP contribution in [0.5, 0.6) is 0 Å². The van der Waals surface area contributed by atoms with Gasteiger partial charge in [0.25, 0.3) is 0 Å². The molecule has 1 unspecified atom stereocenters. The van der Waals surface area contributed by atoms with E-state index in [4.69, 9.17) is 5.26 Å². The summed E-state index contributed by atoms with van der Waals surface area (Å²) in [5.41, 5.74) is 0. The van der Waals surface area contributed by atoms with Crippen molar-refractivity contribution in [3.8, 4) is 6.07 Å². The van der Waals surface area contributed by atoms with Crippen molar-refractivity contribution < 1.29 is 4.79 Å². The molecule has 1 amide bonds. The average molecular weight is 237 g/mol. The van der Waals surface area contributed by atoms with Gasteiger partial charge in [0.15, 0.2) is 0 Å². The lowest BCUT2D eigenvalue weighted by molar-refractivity contribution is -0.136. The highest BCUT2D eigenvalue weighted by atomic mass is 16.2. The van der Waals surface area contributed by atoms with Crippen molar-refractivity contribution in [1.29, 1.82) is 5.26 Å². The number of hydrogen-bond acceptors (Lipinski definition) is 3. The van der Waals surface area contributed by atoms with Crippen LogP contribution in [0.25, 0.3) is 0 Å². The Morgan fingerprint density at radius 2 is 1.94 bits per heavy atom. The van der Waals surface area contributed by atoms with E-state index < -0.39 is 0 Å². The molecule has 1 saturated heterocycles. The van der Waals surface area contributed by atoms with Crippen molar-refractivity contribution in [2.24, 2.45) is 0 Å². The summed E-state index contributed by atoms with van der Waals surface area (Å²) in [6.45, 7) is 8.57. The molecule has 17 heavy (non-hydrogen) atoms. The van der Waals surface area contributed by atoms with Crippen LogP contribution in [0.2, 0.25) is 0 Å². The zero-order valence-electron chi connectivity index (χ0n) is 11.1. The molecule has 0 aromatic rings. The second-order valence-corrected chi connectivity index (χ2v) is 4.95. The third-order valence-corrected chi connectivity index (χ3v) is 3.42. The molecule has 0 radical (unpaired) electrons. The van der Waals surface area contributed by atoms with Crippen LogP contribution in [0.4, 0.5) is 0 Å². The summed E-state index contributed by atoms with van der Waals surface area (Å²) in [6.07, 6.45) is 2.73. The van der Waals surface area contributed by atoms with E-state index in [-0.39, 0.29) is 11.9 Å². The lowest BCUT2D eigenvalue weighted by atomic mass is 10.2. The molecule has 1 heterocycles. The summed E-state index contributed by atoms with van der Waals surface area (Å²) < 4.78 is 0. The predicted octanol–water partition coefficient (Wildman–Crippen LogP) is 1.62. The number of carbonyl (C=O) groups is 1. The highest BCUT2D eigenvalue weighted by Gasteiger charge is 2.28. The summed E-state index contributed by atoms with van der Waals surface area (Å²) in [5.74, 6) is 0.217. The largest absolute Gasteiger partial charge is 0.341 e. The molecular weight excluding hydrogens is 214 g/mol. The van der Waals surface area contributed by atoms with Crippen molar-refractivity contribution in [1.82, 2.24) is 9.80 Å². The van der Waals surface area contributed by atoms with Crippen LogP contribution < -0.4 is 0 Å². The number of carbonyl (C=O) groups excluding carboxylic acids is 1. The Kier molecular flexibility index (Phi) is 5.43. The molecular formula is C13H23N3O. The second kappa shape index (κ2) is 6.61. The van der Waals surface area contributed by atoms with Gasteiger partial charge < -0.3 is 4.90 Å². The smallest absolute Gasteiger partial charge is 0.239 e. The van der Waals surface area contributed by atoms with E-state index in [1.54, 1.807) is 0 Å². The highest BCUT2D eigenvalue weighted by Crippen LogP contribution is 2.14. The summed E-state index contributed by atoms with van der Waals surface area (Å²) in [4.78, 5) is 16.3. The molecule has 4 heteroatoms. The van der Waals surface area contributed by atoms with E-state index in [0.29, 0.717) is 19.0 Å². The summed E-state index contributed by atoms with van der Waals surface area (Å²) in [6, 6.07) is 2.34. The van der Waals surface area contributed by atoms with Gasteiger partial charge in [0.1, 0.15) is 0 Å². The topological polar surface area (TPSA) is 47.3 Å². The molecule has 1 fully saturated rings. The van der Waals surface area contributed by atoms with Gasteiger partial charge in [-0.25, -0.2) is 0 Å². The van der Waals surface area contributed by atoms with Crippen LogP contribution in [0, 0.1) is 11.3 Å². The van der Waals surface area contributed by atoms with Gasteiger partial charge in [0, 0.05) is 32.1 Å². The maximum Gasteiger partial charge on any atom is 0.239 e. The van der Waals surface area contributed by atoms with Crippen LogP contribution in [0.15, 0.2) is 0 Å². The summed E-state index contributed by atoms with van der Waals surface area (Å²) in [5, 5.41) is 8.66. The SMILES string of the molecule is CC(C)N(CCC#N)C(C)C(=O)N1CCCC1. The zero-order valence-corrected chi connectivity index (χ0v) is 11.1. The predicted molar refractivity (Wildman–Crippen MR) is 67.3 cm³/mol. The molecule has 0 spiro atoms. The highest BCUT2D eigenvalue weighted by molar-refractivity contribution is 5.81. The van der Waals surface area contributed by atoms with Gasteiger partial charge in [0.2, 0.25) is 5.91 Å². The molecule has 0 saturated carbocycles. The fourth-order valence-electron chi connectivity index (χ4n) is 2.42. The first-order valence-corrected chi connectivity index (χ1v) is 6.49. The molecule has 1 rings (SSSR count). The first-order valence-electron chi connectivity index (χ1n) is 6.49. The Morgan fingerprint density at radius 3 is 2.41 bits per heavy atom. The van der Waals surface area contributed by atoms with Crippen molar-refractivity contribution in [3.05, 3.63) is 0 Å². The number of nitriles is 1. The molecule has 1 aliphatic heterocycles. The molecule has 0 aliphatic carbocycles. The first kappa shape index (κ1) is 14.0.